The molecule has 0 saturated heterocycles. The minimum absolute atomic E-state index is 0.270. The lowest BCUT2D eigenvalue weighted by Gasteiger charge is -2.14. The molecule has 0 heterocycles. The molecule has 0 spiro atoms. The Labute approximate surface area is 296 Å². The van der Waals surface area contributed by atoms with E-state index in [9.17, 15) is 26.3 Å². The van der Waals surface area contributed by atoms with E-state index in [0.29, 0.717) is 26.1 Å². The highest BCUT2D eigenvalue weighted by atomic mass is 127. The van der Waals surface area contributed by atoms with Crippen molar-refractivity contribution in [1.82, 2.24) is 0 Å². The molecule has 276 valence electrons. The molecule has 0 aliphatic heterocycles. The van der Waals surface area contributed by atoms with E-state index < -0.39 is 25.2 Å². The molecular formula is C38H63F6IO2. The highest BCUT2D eigenvalue weighted by Gasteiger charge is 2.26. The maximum absolute atomic E-state index is 12.1. The summed E-state index contributed by atoms with van der Waals surface area (Å²) in [5.41, 5.74) is 0. The first-order valence-electron chi connectivity index (χ1n) is 18.8. The molecule has 0 bridgehead atoms. The summed E-state index contributed by atoms with van der Waals surface area (Å²) < 4.78 is 86.2. The molecule has 0 fully saturated rings. The van der Waals surface area contributed by atoms with Crippen molar-refractivity contribution in [3.05, 3.63) is 21.8 Å². The van der Waals surface area contributed by atoms with Gasteiger partial charge in [-0.3, -0.25) is 0 Å². The van der Waals surface area contributed by atoms with Gasteiger partial charge in [0.25, 0.3) is 0 Å². The van der Waals surface area contributed by atoms with Crippen molar-refractivity contribution in [3.63, 3.8) is 0 Å². The average molecular weight is 793 g/mol. The van der Waals surface area contributed by atoms with Gasteiger partial charge in [0.2, 0.25) is 0 Å². The van der Waals surface area contributed by atoms with Crippen LogP contribution in [0.15, 0.2) is 18.2 Å². The quantitative estimate of drug-likeness (QED) is 0.0411. The van der Waals surface area contributed by atoms with Gasteiger partial charge in [-0.1, -0.05) is 147 Å². The van der Waals surface area contributed by atoms with Crippen LogP contribution in [-0.2, 0) is 0 Å². The number of rotatable bonds is 32. The summed E-state index contributed by atoms with van der Waals surface area (Å²) in [4.78, 5) is 0. The maximum Gasteiger partial charge on any atom is 0.389 e. The molecular weight excluding hydrogens is 729 g/mol. The summed E-state index contributed by atoms with van der Waals surface area (Å²) in [5, 5.41) is 0. The number of hydrogen-bond acceptors (Lipinski definition) is 2. The smallest absolute Gasteiger partial charge is 0.389 e. The third-order valence-corrected chi connectivity index (χ3v) is 9.49. The van der Waals surface area contributed by atoms with Gasteiger partial charge in [0, 0.05) is 12.8 Å². The van der Waals surface area contributed by atoms with Gasteiger partial charge in [-0.15, -0.1) is 0 Å². The summed E-state index contributed by atoms with van der Waals surface area (Å²) in [7, 11) is 0. The molecule has 0 amide bonds. The van der Waals surface area contributed by atoms with Gasteiger partial charge in [-0.2, -0.15) is 26.3 Å². The number of halogens is 7. The van der Waals surface area contributed by atoms with E-state index in [-0.39, 0.29) is 12.8 Å². The van der Waals surface area contributed by atoms with Crippen LogP contribution in [0.4, 0.5) is 26.3 Å². The topological polar surface area (TPSA) is 18.5 Å². The Kier molecular flexibility index (Phi) is 27.2. The molecule has 1 aromatic rings. The third-order valence-electron chi connectivity index (χ3n) is 8.64. The van der Waals surface area contributed by atoms with Gasteiger partial charge in [0.1, 0.15) is 0 Å². The number of para-hydroxylation sites is 1. The molecule has 0 aromatic heterocycles. The van der Waals surface area contributed by atoms with E-state index >= 15 is 0 Å². The Hall–Kier alpha value is -0.870. The second-order valence-electron chi connectivity index (χ2n) is 13.2. The Morgan fingerprint density at radius 1 is 0.404 bits per heavy atom. The maximum atomic E-state index is 12.1. The molecule has 0 unspecified atom stereocenters. The molecule has 0 N–H and O–H groups in total. The van der Waals surface area contributed by atoms with Crippen molar-refractivity contribution in [2.45, 2.75) is 192 Å². The van der Waals surface area contributed by atoms with E-state index in [1.807, 2.05) is 12.1 Å². The predicted molar refractivity (Wildman–Crippen MR) is 192 cm³/mol. The fourth-order valence-electron chi connectivity index (χ4n) is 5.84. The van der Waals surface area contributed by atoms with Crippen LogP contribution in [0.5, 0.6) is 11.5 Å². The minimum atomic E-state index is -4.00. The second kappa shape index (κ2) is 28.9. The monoisotopic (exact) mass is 792 g/mol. The van der Waals surface area contributed by atoms with Crippen molar-refractivity contribution < 1.29 is 35.8 Å². The Balaban J connectivity index is 1.94. The summed E-state index contributed by atoms with van der Waals surface area (Å²) in [6.07, 6.45) is 18.0. The highest BCUT2D eigenvalue weighted by Crippen LogP contribution is 2.33. The summed E-state index contributed by atoms with van der Waals surface area (Å²) >= 11 is 2.31. The van der Waals surface area contributed by atoms with E-state index in [1.165, 1.54) is 77.0 Å². The third kappa shape index (κ3) is 29.7. The van der Waals surface area contributed by atoms with Gasteiger partial charge in [0.05, 0.1) is 16.8 Å². The Bertz CT molecular complexity index is 846. The Morgan fingerprint density at radius 3 is 1.04 bits per heavy atom. The standard InChI is InChI=1S/C38H63F6IO2/c39-37(40,41)30-23-19-15-11-7-3-1-5-9-13-17-21-25-32-46-35-29-27-28-34(45)36(35)47-33-26-22-18-14-10-6-2-4-8-12-16-20-24-31-38(42,43)44/h27-29H,1-26,30-33H2. The first-order chi connectivity index (χ1) is 22.6. The van der Waals surface area contributed by atoms with Crippen molar-refractivity contribution in [2.24, 2.45) is 0 Å². The van der Waals surface area contributed by atoms with E-state index in [2.05, 4.69) is 28.7 Å². The Morgan fingerprint density at radius 2 is 0.702 bits per heavy atom. The summed E-state index contributed by atoms with van der Waals surface area (Å²) in [6, 6.07) is 6.06. The lowest BCUT2D eigenvalue weighted by molar-refractivity contribution is -0.136. The molecule has 47 heavy (non-hydrogen) atoms. The largest absolute Gasteiger partial charge is 0.490 e. The van der Waals surface area contributed by atoms with Crippen LogP contribution in [0.3, 0.4) is 0 Å². The first-order valence-corrected chi connectivity index (χ1v) is 19.8. The van der Waals surface area contributed by atoms with Crippen LogP contribution in [0.25, 0.3) is 0 Å². The van der Waals surface area contributed by atoms with Crippen LogP contribution in [0.2, 0.25) is 0 Å². The van der Waals surface area contributed by atoms with Gasteiger partial charge in [-0.05, 0) is 60.4 Å². The van der Waals surface area contributed by atoms with Crippen molar-refractivity contribution in [1.29, 1.82) is 0 Å². The molecule has 0 radical (unpaired) electrons. The molecule has 0 aliphatic rings. The summed E-state index contributed by atoms with van der Waals surface area (Å²) in [5.74, 6) is 1.69. The number of alkyl halides is 6. The number of unbranched alkanes of at least 4 members (excludes halogenated alkanes) is 24. The van der Waals surface area contributed by atoms with Crippen LogP contribution in [-0.4, -0.2) is 25.6 Å². The lowest BCUT2D eigenvalue weighted by atomic mass is 10.0. The second-order valence-corrected chi connectivity index (χ2v) is 14.3. The van der Waals surface area contributed by atoms with Gasteiger partial charge in [-0.25, -0.2) is 0 Å². The van der Waals surface area contributed by atoms with Gasteiger partial charge < -0.3 is 9.47 Å². The normalized spacial score (nSPS) is 12.1. The van der Waals surface area contributed by atoms with Crippen LogP contribution in [0, 0.1) is 3.57 Å². The molecule has 1 aromatic carbocycles. The SMILES string of the molecule is FC(F)(F)CCCCCCCCCCCCCCCOc1cccc(I)c1OCCCCCCCCCCCCCCCC(F)(F)F. The molecule has 0 aliphatic carbocycles. The van der Waals surface area contributed by atoms with Crippen LogP contribution < -0.4 is 9.47 Å². The fraction of sp³-hybridized carbons (Fsp3) is 0.842. The zero-order valence-corrected chi connectivity index (χ0v) is 31.1. The van der Waals surface area contributed by atoms with E-state index in [0.717, 1.165) is 79.3 Å². The fourth-order valence-corrected chi connectivity index (χ4v) is 6.47. The molecule has 2 nitrogen and oxygen atoms in total. The molecule has 1 rings (SSSR count). The number of benzene rings is 1. The molecule has 0 saturated carbocycles. The van der Waals surface area contributed by atoms with Crippen LogP contribution >= 0.6 is 22.6 Å². The summed E-state index contributed by atoms with van der Waals surface area (Å²) in [6.45, 7) is 1.39. The predicted octanol–water partition coefficient (Wildman–Crippen LogP) is 15.1. The highest BCUT2D eigenvalue weighted by molar-refractivity contribution is 14.1. The number of hydrogen-bond donors (Lipinski definition) is 0. The van der Waals surface area contributed by atoms with Gasteiger partial charge in [0.15, 0.2) is 11.5 Å². The van der Waals surface area contributed by atoms with Crippen molar-refractivity contribution >= 4 is 22.6 Å². The lowest BCUT2D eigenvalue weighted by Crippen LogP contribution is -2.06. The molecule has 0 atom stereocenters. The van der Waals surface area contributed by atoms with E-state index in [4.69, 9.17) is 9.47 Å². The first kappa shape index (κ1) is 44.2. The zero-order chi connectivity index (χ0) is 34.5. The van der Waals surface area contributed by atoms with Crippen LogP contribution in [0.1, 0.15) is 180 Å². The van der Waals surface area contributed by atoms with Crippen molar-refractivity contribution in [3.8, 4) is 11.5 Å². The zero-order valence-electron chi connectivity index (χ0n) is 28.9. The number of ether oxygens (including phenoxy) is 2. The molecule has 9 heteroatoms. The average Bonchev–Trinajstić information content (AvgIpc) is 3.00. The van der Waals surface area contributed by atoms with E-state index in [1.54, 1.807) is 0 Å². The van der Waals surface area contributed by atoms with Crippen molar-refractivity contribution in [2.75, 3.05) is 13.2 Å². The van der Waals surface area contributed by atoms with Gasteiger partial charge >= 0.3 is 12.4 Å². The minimum Gasteiger partial charge on any atom is -0.490 e.